The molecule has 2 saturated heterocycles. The van der Waals surface area contributed by atoms with Crippen LogP contribution in [0.3, 0.4) is 0 Å². The molecule has 1 N–H and O–H groups in total. The molecule has 8 heteroatoms. The van der Waals surface area contributed by atoms with Crippen molar-refractivity contribution in [1.82, 2.24) is 14.7 Å². The number of hydrogen-bond acceptors (Lipinski definition) is 5. The lowest BCUT2D eigenvalue weighted by atomic mass is 9.73. The van der Waals surface area contributed by atoms with Crippen LogP contribution in [0.4, 0.5) is 0 Å². The predicted molar refractivity (Wildman–Crippen MR) is 128 cm³/mol. The Morgan fingerprint density at radius 1 is 1.06 bits per heavy atom. The molecule has 4 aliphatic heterocycles. The van der Waals surface area contributed by atoms with E-state index in [0.717, 1.165) is 0 Å². The average molecular weight is 474 g/mol. The normalized spacial score (nSPS) is 36.6. The molecule has 2 fully saturated rings. The number of hydrogen-bond donors (Lipinski definition) is 1. The lowest BCUT2D eigenvalue weighted by molar-refractivity contribution is -0.160. The molecule has 0 aromatic rings. The van der Waals surface area contributed by atoms with E-state index in [1.807, 2.05) is 65.8 Å². The Morgan fingerprint density at radius 3 is 2.26 bits per heavy atom. The number of likely N-dealkylation sites (tertiary alicyclic amines) is 1. The maximum absolute atomic E-state index is 14.3. The van der Waals surface area contributed by atoms with Crippen molar-refractivity contribution in [3.63, 3.8) is 0 Å². The zero-order valence-corrected chi connectivity index (χ0v) is 21.4. The molecule has 6 atom stereocenters. The van der Waals surface area contributed by atoms with Gasteiger partial charge in [-0.2, -0.15) is 0 Å². The van der Waals surface area contributed by atoms with Crippen LogP contribution in [0.15, 0.2) is 24.3 Å². The maximum atomic E-state index is 14.3. The van der Waals surface area contributed by atoms with Gasteiger partial charge in [0.15, 0.2) is 0 Å². The third-order valence-electron chi connectivity index (χ3n) is 8.20. The summed E-state index contributed by atoms with van der Waals surface area (Å²) in [4.78, 5) is 47.1. The van der Waals surface area contributed by atoms with Crippen molar-refractivity contribution in [2.75, 3.05) is 26.7 Å². The van der Waals surface area contributed by atoms with Crippen LogP contribution in [0.5, 0.6) is 0 Å². The van der Waals surface area contributed by atoms with Gasteiger partial charge >= 0.3 is 0 Å². The van der Waals surface area contributed by atoms with E-state index in [-0.39, 0.29) is 30.2 Å². The first-order valence-corrected chi connectivity index (χ1v) is 12.4. The van der Waals surface area contributed by atoms with Gasteiger partial charge in [-0.15, -0.1) is 0 Å². The molecule has 8 nitrogen and oxygen atoms in total. The molecule has 4 heterocycles. The van der Waals surface area contributed by atoms with Gasteiger partial charge in [0.05, 0.1) is 30.1 Å². The quantitative estimate of drug-likeness (QED) is 0.627. The van der Waals surface area contributed by atoms with Crippen molar-refractivity contribution in [2.24, 2.45) is 17.8 Å². The van der Waals surface area contributed by atoms with E-state index in [1.165, 1.54) is 0 Å². The molecule has 1 spiro atoms. The standard InChI is InChI=1S/C26H39N3O5/c1-8-25-11-9-13-27(7)21(31)18(25)19-22(32)29(17(15-30)16(2)3)20-23(33)28(24(4,5)6)14-10-12-26(19,20)34-25/h9-12,16-20,30H,8,13-15H2,1-7H3/t17-,18+,19-,20?,25-,26-/m0/s1. The number of nitrogens with zero attached hydrogens (tertiary/aromatic N) is 3. The second kappa shape index (κ2) is 8.19. The topological polar surface area (TPSA) is 90.4 Å². The predicted octanol–water partition coefficient (Wildman–Crippen LogP) is 1.59. The molecule has 3 amide bonds. The van der Waals surface area contributed by atoms with Crippen LogP contribution in [0.2, 0.25) is 0 Å². The molecular weight excluding hydrogens is 434 g/mol. The van der Waals surface area contributed by atoms with Gasteiger partial charge in [0.2, 0.25) is 17.7 Å². The van der Waals surface area contributed by atoms with Gasteiger partial charge in [-0.3, -0.25) is 14.4 Å². The van der Waals surface area contributed by atoms with Gasteiger partial charge in [-0.1, -0.05) is 45.1 Å². The van der Waals surface area contributed by atoms with Crippen molar-refractivity contribution in [3.05, 3.63) is 24.3 Å². The smallest absolute Gasteiger partial charge is 0.249 e. The second-order valence-electron chi connectivity index (χ2n) is 11.5. The van der Waals surface area contributed by atoms with Crippen molar-refractivity contribution in [3.8, 4) is 0 Å². The summed E-state index contributed by atoms with van der Waals surface area (Å²) in [5.74, 6) is -2.32. The van der Waals surface area contributed by atoms with Gasteiger partial charge in [0, 0.05) is 25.7 Å². The van der Waals surface area contributed by atoms with E-state index in [1.54, 1.807) is 21.7 Å². The molecular formula is C26H39N3O5. The number of rotatable bonds is 4. The molecule has 1 unspecified atom stereocenters. The van der Waals surface area contributed by atoms with Crippen molar-refractivity contribution in [2.45, 2.75) is 76.8 Å². The zero-order chi connectivity index (χ0) is 25.2. The van der Waals surface area contributed by atoms with Gasteiger partial charge < -0.3 is 24.5 Å². The molecule has 0 aliphatic carbocycles. The van der Waals surface area contributed by atoms with E-state index >= 15 is 0 Å². The summed E-state index contributed by atoms with van der Waals surface area (Å²) in [5.41, 5.74) is -2.73. The highest BCUT2D eigenvalue weighted by atomic mass is 16.5. The van der Waals surface area contributed by atoms with E-state index < -0.39 is 40.7 Å². The van der Waals surface area contributed by atoms with Crippen LogP contribution in [0, 0.1) is 17.8 Å². The highest BCUT2D eigenvalue weighted by Crippen LogP contribution is 2.59. The Morgan fingerprint density at radius 2 is 1.71 bits per heavy atom. The third-order valence-corrected chi connectivity index (χ3v) is 8.20. The Labute approximate surface area is 202 Å². The molecule has 0 aromatic carbocycles. The highest BCUT2D eigenvalue weighted by molar-refractivity contribution is 6.00. The minimum atomic E-state index is -1.28. The van der Waals surface area contributed by atoms with E-state index in [4.69, 9.17) is 4.74 Å². The Kier molecular flexibility index (Phi) is 6.00. The number of aliphatic hydroxyl groups excluding tert-OH is 1. The lowest BCUT2D eigenvalue weighted by Gasteiger charge is -2.44. The number of aliphatic hydroxyl groups is 1. The van der Waals surface area contributed by atoms with Gasteiger partial charge in [-0.25, -0.2) is 0 Å². The number of amides is 3. The minimum absolute atomic E-state index is 0.0868. The number of likely N-dealkylation sites (N-methyl/N-ethyl adjacent to an activating group) is 1. The molecule has 4 aliphatic rings. The van der Waals surface area contributed by atoms with Crippen LogP contribution in [0.1, 0.15) is 48.0 Å². The number of fused-ring (bicyclic) bond motifs is 2. The van der Waals surface area contributed by atoms with E-state index in [0.29, 0.717) is 19.5 Å². The van der Waals surface area contributed by atoms with Gasteiger partial charge in [-0.05, 0) is 33.1 Å². The summed E-state index contributed by atoms with van der Waals surface area (Å²) in [7, 11) is 1.73. The van der Waals surface area contributed by atoms with E-state index in [9.17, 15) is 19.5 Å². The third kappa shape index (κ3) is 3.28. The molecule has 34 heavy (non-hydrogen) atoms. The van der Waals surface area contributed by atoms with Crippen molar-refractivity contribution in [1.29, 1.82) is 0 Å². The number of carbonyl (C=O) groups excluding carboxylic acids is 3. The Balaban J connectivity index is 1.97. The fourth-order valence-corrected chi connectivity index (χ4v) is 6.40. The molecule has 4 rings (SSSR count). The summed E-state index contributed by atoms with van der Waals surface area (Å²) in [6, 6.07) is -1.52. The first kappa shape index (κ1) is 24.9. The second-order valence-corrected chi connectivity index (χ2v) is 11.5. The fraction of sp³-hybridized carbons (Fsp3) is 0.731. The van der Waals surface area contributed by atoms with Crippen LogP contribution < -0.4 is 0 Å². The minimum Gasteiger partial charge on any atom is -0.394 e. The first-order chi connectivity index (χ1) is 15.9. The molecule has 0 saturated carbocycles. The van der Waals surface area contributed by atoms with Crippen molar-refractivity contribution < 1.29 is 24.2 Å². The van der Waals surface area contributed by atoms with Gasteiger partial charge in [0.25, 0.3) is 0 Å². The van der Waals surface area contributed by atoms with Crippen molar-refractivity contribution >= 4 is 17.7 Å². The number of carbonyl (C=O) groups is 3. The summed E-state index contributed by atoms with van der Waals surface area (Å²) >= 11 is 0. The van der Waals surface area contributed by atoms with Gasteiger partial charge in [0.1, 0.15) is 11.6 Å². The molecule has 188 valence electrons. The molecule has 0 bridgehead atoms. The summed E-state index contributed by atoms with van der Waals surface area (Å²) < 4.78 is 6.89. The van der Waals surface area contributed by atoms with E-state index in [2.05, 4.69) is 0 Å². The zero-order valence-electron chi connectivity index (χ0n) is 21.4. The summed E-state index contributed by atoms with van der Waals surface area (Å²) in [6.07, 6.45) is 8.13. The molecule has 0 radical (unpaired) electrons. The SMILES string of the molecule is CC[C@]12C=CCN(C)C(=O)[C@H]1[C@H]1C(=O)N([C@@H](CO)C(C)C)C3C(=O)N(C(C)(C)C)CC=C[C@@]31O2. The first-order valence-electron chi connectivity index (χ1n) is 12.4. The average Bonchev–Trinajstić information content (AvgIpc) is 3.04. The monoisotopic (exact) mass is 473 g/mol. The summed E-state index contributed by atoms with van der Waals surface area (Å²) in [5, 5.41) is 10.3. The lowest BCUT2D eigenvalue weighted by Crippen LogP contribution is -2.62. The van der Waals surface area contributed by atoms with Crippen LogP contribution in [0.25, 0.3) is 0 Å². The maximum Gasteiger partial charge on any atom is 0.249 e. The fourth-order valence-electron chi connectivity index (χ4n) is 6.40. The number of ether oxygens (including phenoxy) is 1. The van der Waals surface area contributed by atoms with Crippen LogP contribution in [-0.2, 0) is 19.1 Å². The Hall–Kier alpha value is -2.19. The van der Waals surface area contributed by atoms with Crippen LogP contribution >= 0.6 is 0 Å². The largest absolute Gasteiger partial charge is 0.394 e. The Bertz CT molecular complexity index is 937. The van der Waals surface area contributed by atoms with Crippen LogP contribution in [-0.4, -0.2) is 93.1 Å². The molecule has 0 aromatic heterocycles. The summed E-state index contributed by atoms with van der Waals surface area (Å²) in [6.45, 7) is 12.3. The highest BCUT2D eigenvalue weighted by Gasteiger charge is 2.76.